The number of carbonyl (C=O) groups is 1. The second-order valence-electron chi connectivity index (χ2n) is 7.91. The summed E-state index contributed by atoms with van der Waals surface area (Å²) in [5.41, 5.74) is 3.96. The molecule has 0 bridgehead atoms. The zero-order valence-corrected chi connectivity index (χ0v) is 18.5. The summed E-state index contributed by atoms with van der Waals surface area (Å²) in [5.74, 6) is 1.70. The van der Waals surface area contributed by atoms with Crippen molar-refractivity contribution in [2.45, 2.75) is 19.5 Å². The average molecular weight is 445 g/mol. The first-order valence-corrected chi connectivity index (χ1v) is 10.4. The van der Waals surface area contributed by atoms with E-state index in [0.29, 0.717) is 39.8 Å². The maximum absolute atomic E-state index is 13.5. The Bertz CT molecular complexity index is 1330. The van der Waals surface area contributed by atoms with Crippen LogP contribution in [0.5, 0.6) is 17.2 Å². The van der Waals surface area contributed by atoms with Crippen LogP contribution in [0, 0.1) is 6.92 Å². The maximum atomic E-state index is 13.5. The van der Waals surface area contributed by atoms with Gasteiger partial charge in [0.15, 0.2) is 11.5 Å². The number of benzene rings is 2. The highest BCUT2D eigenvalue weighted by Crippen LogP contribution is 2.46. The summed E-state index contributed by atoms with van der Waals surface area (Å²) in [6.45, 7) is 2.21. The van der Waals surface area contributed by atoms with Gasteiger partial charge in [-0.05, 0) is 48.9 Å². The summed E-state index contributed by atoms with van der Waals surface area (Å²) in [4.78, 5) is 15.2. The summed E-state index contributed by atoms with van der Waals surface area (Å²) in [5, 5.41) is 17.9. The molecule has 168 valence electrons. The van der Waals surface area contributed by atoms with Crippen molar-refractivity contribution in [3.63, 3.8) is 0 Å². The van der Waals surface area contributed by atoms with E-state index in [0.717, 1.165) is 11.1 Å². The number of phenols is 1. The summed E-state index contributed by atoms with van der Waals surface area (Å²) < 4.78 is 16.4. The number of nitrogens with one attached hydrogen (secondary N) is 1. The van der Waals surface area contributed by atoms with Gasteiger partial charge in [0.25, 0.3) is 5.91 Å². The number of aromatic amines is 1. The molecule has 1 aliphatic rings. The molecule has 0 saturated heterocycles. The van der Waals surface area contributed by atoms with Crippen LogP contribution >= 0.6 is 0 Å². The molecule has 3 heterocycles. The van der Waals surface area contributed by atoms with Crippen molar-refractivity contribution in [3.05, 3.63) is 82.9 Å². The van der Waals surface area contributed by atoms with E-state index >= 15 is 0 Å². The van der Waals surface area contributed by atoms with Crippen LogP contribution in [0.15, 0.2) is 59.2 Å². The fourth-order valence-corrected chi connectivity index (χ4v) is 4.34. The number of rotatable bonds is 6. The first-order valence-electron chi connectivity index (χ1n) is 10.4. The monoisotopic (exact) mass is 445 g/mol. The van der Waals surface area contributed by atoms with Crippen LogP contribution in [-0.2, 0) is 6.54 Å². The van der Waals surface area contributed by atoms with Crippen LogP contribution in [0.1, 0.15) is 39.0 Å². The first kappa shape index (κ1) is 20.7. The van der Waals surface area contributed by atoms with Gasteiger partial charge in [-0.2, -0.15) is 5.10 Å². The summed E-state index contributed by atoms with van der Waals surface area (Å²) in [6, 6.07) is 14.0. The van der Waals surface area contributed by atoms with Crippen molar-refractivity contribution in [1.82, 2.24) is 15.1 Å². The molecule has 1 aliphatic heterocycles. The highest BCUT2D eigenvalue weighted by Gasteiger charge is 2.43. The lowest BCUT2D eigenvalue weighted by molar-refractivity contribution is 0.0717. The average Bonchev–Trinajstić information content (AvgIpc) is 3.55. The largest absolute Gasteiger partial charge is 0.507 e. The first-order chi connectivity index (χ1) is 16.0. The standard InChI is InChI=1S/C25H23N3O5/c1-14-6-8-18(29)17(11-14)22-21-23(27-26-22)25(30)28(13-16-5-4-10-33-16)24(21)15-7-9-19(31-2)20(12-15)32-3/h4-12,24,29H,13H2,1-3H3,(H,26,27)/t24-/m1/s1. The molecule has 0 radical (unpaired) electrons. The number of hydrogen-bond donors (Lipinski definition) is 2. The lowest BCUT2D eigenvalue weighted by Gasteiger charge is -2.26. The van der Waals surface area contributed by atoms with Crippen molar-refractivity contribution >= 4 is 5.91 Å². The van der Waals surface area contributed by atoms with E-state index in [1.165, 1.54) is 0 Å². The summed E-state index contributed by atoms with van der Waals surface area (Å²) in [6.07, 6.45) is 1.58. The number of amides is 1. The van der Waals surface area contributed by atoms with Crippen LogP contribution in [-0.4, -0.2) is 40.3 Å². The second kappa shape index (κ2) is 8.05. The van der Waals surface area contributed by atoms with Crippen LogP contribution in [0.3, 0.4) is 0 Å². The molecule has 0 unspecified atom stereocenters. The third-order valence-corrected chi connectivity index (χ3v) is 5.90. The third kappa shape index (κ3) is 3.40. The highest BCUT2D eigenvalue weighted by molar-refractivity contribution is 6.00. The minimum atomic E-state index is -0.480. The summed E-state index contributed by atoms with van der Waals surface area (Å²) in [7, 11) is 3.15. The van der Waals surface area contributed by atoms with Crippen molar-refractivity contribution in [3.8, 4) is 28.5 Å². The Morgan fingerprint density at radius 3 is 2.67 bits per heavy atom. The van der Waals surface area contributed by atoms with Gasteiger partial charge in [-0.25, -0.2) is 0 Å². The third-order valence-electron chi connectivity index (χ3n) is 5.90. The molecule has 0 saturated carbocycles. The number of phenolic OH excluding ortho intramolecular Hbond substituents is 1. The Morgan fingerprint density at radius 2 is 1.94 bits per heavy atom. The van der Waals surface area contributed by atoms with E-state index in [4.69, 9.17) is 13.9 Å². The number of furan rings is 1. The van der Waals surface area contributed by atoms with E-state index in [9.17, 15) is 9.90 Å². The fourth-order valence-electron chi connectivity index (χ4n) is 4.34. The van der Waals surface area contributed by atoms with Crippen LogP contribution in [0.2, 0.25) is 0 Å². The zero-order valence-electron chi connectivity index (χ0n) is 18.5. The number of aryl methyl sites for hydroxylation is 1. The van der Waals surface area contributed by atoms with Crippen LogP contribution in [0.25, 0.3) is 11.3 Å². The van der Waals surface area contributed by atoms with Crippen LogP contribution < -0.4 is 9.47 Å². The highest BCUT2D eigenvalue weighted by atomic mass is 16.5. The van der Waals surface area contributed by atoms with Gasteiger partial charge < -0.3 is 23.9 Å². The fraction of sp³-hybridized carbons (Fsp3) is 0.200. The number of carbonyl (C=O) groups excluding carboxylic acids is 1. The van der Waals surface area contributed by atoms with Gasteiger partial charge in [0, 0.05) is 11.1 Å². The van der Waals surface area contributed by atoms with E-state index in [2.05, 4.69) is 10.2 Å². The molecule has 0 aliphatic carbocycles. The van der Waals surface area contributed by atoms with Gasteiger partial charge in [-0.15, -0.1) is 0 Å². The maximum Gasteiger partial charge on any atom is 0.273 e. The molecular weight excluding hydrogens is 422 g/mol. The molecule has 2 N–H and O–H groups in total. The Labute approximate surface area is 190 Å². The Balaban J connectivity index is 1.70. The number of aromatic hydroxyl groups is 1. The summed E-state index contributed by atoms with van der Waals surface area (Å²) >= 11 is 0. The van der Waals surface area contributed by atoms with Crippen LogP contribution in [0.4, 0.5) is 0 Å². The van der Waals surface area contributed by atoms with Gasteiger partial charge in [0.2, 0.25) is 0 Å². The molecule has 5 rings (SSSR count). The lowest BCUT2D eigenvalue weighted by atomic mass is 9.94. The molecule has 8 nitrogen and oxygen atoms in total. The van der Waals surface area contributed by atoms with Gasteiger partial charge >= 0.3 is 0 Å². The van der Waals surface area contributed by atoms with Crippen molar-refractivity contribution in [2.24, 2.45) is 0 Å². The molecule has 2 aromatic heterocycles. The molecule has 0 fully saturated rings. The number of methoxy groups -OCH3 is 2. The zero-order chi connectivity index (χ0) is 23.1. The Hall–Kier alpha value is -4.20. The van der Waals surface area contributed by atoms with E-state index < -0.39 is 6.04 Å². The van der Waals surface area contributed by atoms with Crippen molar-refractivity contribution in [2.75, 3.05) is 14.2 Å². The number of nitrogens with zero attached hydrogens (tertiary/aromatic N) is 2. The van der Waals surface area contributed by atoms with Crippen molar-refractivity contribution in [1.29, 1.82) is 0 Å². The van der Waals surface area contributed by atoms with Crippen molar-refractivity contribution < 1.29 is 23.8 Å². The molecule has 8 heteroatoms. The predicted octanol–water partition coefficient (Wildman–Crippen LogP) is 4.45. The lowest BCUT2D eigenvalue weighted by Crippen LogP contribution is -2.29. The topological polar surface area (TPSA) is 101 Å². The van der Waals surface area contributed by atoms with Gasteiger partial charge in [-0.1, -0.05) is 17.7 Å². The number of H-pyrrole nitrogens is 1. The minimum Gasteiger partial charge on any atom is -0.507 e. The smallest absolute Gasteiger partial charge is 0.273 e. The molecule has 4 aromatic rings. The Morgan fingerprint density at radius 1 is 1.12 bits per heavy atom. The molecule has 33 heavy (non-hydrogen) atoms. The normalized spacial score (nSPS) is 15.1. The predicted molar refractivity (Wildman–Crippen MR) is 120 cm³/mol. The number of hydrogen-bond acceptors (Lipinski definition) is 6. The second-order valence-corrected chi connectivity index (χ2v) is 7.91. The van der Waals surface area contributed by atoms with E-state index in [-0.39, 0.29) is 18.2 Å². The Kier molecular flexibility index (Phi) is 5.05. The number of fused-ring (bicyclic) bond motifs is 1. The molecule has 1 amide bonds. The van der Waals surface area contributed by atoms with Gasteiger partial charge in [0.05, 0.1) is 33.1 Å². The molecule has 1 atom stereocenters. The molecular formula is C25H23N3O5. The van der Waals surface area contributed by atoms with E-state index in [1.807, 2.05) is 43.3 Å². The van der Waals surface area contributed by atoms with Gasteiger partial charge in [-0.3, -0.25) is 9.89 Å². The molecule has 0 spiro atoms. The van der Waals surface area contributed by atoms with Gasteiger partial charge in [0.1, 0.15) is 22.9 Å². The SMILES string of the molecule is COc1ccc([C@@H]2c3c(-c4cc(C)ccc4O)n[nH]c3C(=O)N2Cc2ccco2)cc1OC. The minimum absolute atomic E-state index is 0.0953. The number of ether oxygens (including phenoxy) is 2. The van der Waals surface area contributed by atoms with E-state index in [1.54, 1.807) is 37.5 Å². The molecule has 2 aromatic carbocycles. The quantitative estimate of drug-likeness (QED) is 0.455. The number of aromatic nitrogens is 2.